The van der Waals surface area contributed by atoms with Gasteiger partial charge in [-0.05, 0) is 26.8 Å². The Kier molecular flexibility index (Phi) is 6.05. The molecule has 1 amide bonds. The zero-order valence-corrected chi connectivity index (χ0v) is 13.3. The van der Waals surface area contributed by atoms with Gasteiger partial charge in [-0.2, -0.15) is 18.2 Å². The molecule has 130 valence electrons. The lowest BCUT2D eigenvalue weighted by Gasteiger charge is -2.20. The zero-order valence-electron chi connectivity index (χ0n) is 13.3. The number of nitrogens with zero attached hydrogens (tertiary/aromatic N) is 1. The summed E-state index contributed by atoms with van der Waals surface area (Å²) in [6.07, 6.45) is -5.08. The number of nitrogens with one attached hydrogen (secondary N) is 1. The number of aromatic nitrogens is 1. The summed E-state index contributed by atoms with van der Waals surface area (Å²) < 4.78 is 50.9. The first-order valence-corrected chi connectivity index (χ1v) is 6.70. The molecule has 1 N–H and O–H groups in total. The summed E-state index contributed by atoms with van der Waals surface area (Å²) in [5, 5.41) is 2.50. The van der Waals surface area contributed by atoms with Crippen LogP contribution in [0.25, 0.3) is 0 Å². The van der Waals surface area contributed by atoms with Crippen molar-refractivity contribution in [1.82, 2.24) is 10.3 Å². The van der Waals surface area contributed by atoms with E-state index in [4.69, 9.17) is 9.47 Å². The van der Waals surface area contributed by atoms with Crippen LogP contribution in [0.15, 0.2) is 12.1 Å². The van der Waals surface area contributed by atoms with Gasteiger partial charge >= 0.3 is 12.3 Å². The Morgan fingerprint density at radius 1 is 1.26 bits per heavy atom. The predicted molar refractivity (Wildman–Crippen MR) is 75.4 cm³/mol. The second kappa shape index (κ2) is 7.38. The van der Waals surface area contributed by atoms with Crippen molar-refractivity contribution in [3.63, 3.8) is 0 Å². The van der Waals surface area contributed by atoms with Crippen LogP contribution in [0.1, 0.15) is 26.3 Å². The lowest BCUT2D eigenvalue weighted by atomic mass is 10.2. The Bertz CT molecular complexity index is 542. The highest BCUT2D eigenvalue weighted by Gasteiger charge is 2.28. The molecule has 9 heteroatoms. The summed E-state index contributed by atoms with van der Waals surface area (Å²) in [7, 11) is 1.31. The molecule has 0 radical (unpaired) electrons. The molecule has 0 saturated heterocycles. The molecule has 1 heterocycles. The van der Waals surface area contributed by atoms with Gasteiger partial charge < -0.3 is 19.5 Å². The highest BCUT2D eigenvalue weighted by molar-refractivity contribution is 5.67. The first-order valence-electron chi connectivity index (χ1n) is 6.70. The SMILES string of the molecule is COc1nc(OCC(F)(F)F)ccc1CNC(=O)OC(C)(C)C. The van der Waals surface area contributed by atoms with Crippen molar-refractivity contribution in [3.8, 4) is 11.8 Å². The van der Waals surface area contributed by atoms with Gasteiger partial charge in [-0.25, -0.2) is 4.79 Å². The van der Waals surface area contributed by atoms with Crippen molar-refractivity contribution in [1.29, 1.82) is 0 Å². The van der Waals surface area contributed by atoms with Crippen molar-refractivity contribution in [3.05, 3.63) is 17.7 Å². The summed E-state index contributed by atoms with van der Waals surface area (Å²) >= 11 is 0. The fourth-order valence-electron chi connectivity index (χ4n) is 1.48. The molecule has 0 fully saturated rings. The molecule has 0 unspecified atom stereocenters. The van der Waals surface area contributed by atoms with Gasteiger partial charge in [0.2, 0.25) is 11.8 Å². The molecule has 0 aromatic carbocycles. The number of pyridine rings is 1. The van der Waals surface area contributed by atoms with Gasteiger partial charge in [0.1, 0.15) is 5.60 Å². The standard InChI is InChI=1S/C14H19F3N2O4/c1-13(2,3)23-12(20)18-7-9-5-6-10(19-11(9)21-4)22-8-14(15,16)17/h5-6H,7-8H2,1-4H3,(H,18,20). The molecule has 0 aliphatic heterocycles. The molecule has 0 aliphatic carbocycles. The van der Waals surface area contributed by atoms with Crippen LogP contribution in [0.2, 0.25) is 0 Å². The van der Waals surface area contributed by atoms with Gasteiger partial charge in [-0.3, -0.25) is 0 Å². The van der Waals surface area contributed by atoms with Gasteiger partial charge in [0.15, 0.2) is 6.61 Å². The summed E-state index contributed by atoms with van der Waals surface area (Å²) in [5.74, 6) is -0.166. The van der Waals surface area contributed by atoms with E-state index in [0.29, 0.717) is 5.56 Å². The van der Waals surface area contributed by atoms with Crippen LogP contribution >= 0.6 is 0 Å². The summed E-state index contributed by atoms with van der Waals surface area (Å²) in [6, 6.07) is 2.72. The average Bonchev–Trinajstić information content (AvgIpc) is 2.40. The first-order chi connectivity index (χ1) is 10.5. The Morgan fingerprint density at radius 2 is 1.91 bits per heavy atom. The Morgan fingerprint density at radius 3 is 2.43 bits per heavy atom. The third-order valence-electron chi connectivity index (χ3n) is 2.31. The minimum atomic E-state index is -4.45. The van der Waals surface area contributed by atoms with E-state index in [1.54, 1.807) is 20.8 Å². The Hall–Kier alpha value is -2.19. The summed E-state index contributed by atoms with van der Waals surface area (Å²) in [5.41, 5.74) is -0.167. The number of amides is 1. The van der Waals surface area contributed by atoms with Crippen molar-refractivity contribution in [2.24, 2.45) is 0 Å². The number of carbonyl (C=O) groups excluding carboxylic acids is 1. The highest BCUT2D eigenvalue weighted by Crippen LogP contribution is 2.22. The van der Waals surface area contributed by atoms with Gasteiger partial charge in [0, 0.05) is 11.6 Å². The molecule has 23 heavy (non-hydrogen) atoms. The van der Waals surface area contributed by atoms with Crippen LogP contribution in [0.3, 0.4) is 0 Å². The van der Waals surface area contributed by atoms with Crippen molar-refractivity contribution >= 4 is 6.09 Å². The van der Waals surface area contributed by atoms with Crippen LogP contribution < -0.4 is 14.8 Å². The molecule has 0 aliphatic rings. The Labute approximate surface area is 131 Å². The molecule has 0 spiro atoms. The number of alkyl carbamates (subject to hydrolysis) is 1. The van der Waals surface area contributed by atoms with E-state index in [1.165, 1.54) is 19.2 Å². The number of hydrogen-bond donors (Lipinski definition) is 1. The highest BCUT2D eigenvalue weighted by atomic mass is 19.4. The van der Waals surface area contributed by atoms with Gasteiger partial charge in [-0.1, -0.05) is 0 Å². The van der Waals surface area contributed by atoms with Crippen LogP contribution in [-0.2, 0) is 11.3 Å². The van der Waals surface area contributed by atoms with Crippen LogP contribution in [0.5, 0.6) is 11.8 Å². The largest absolute Gasteiger partial charge is 0.481 e. The smallest absolute Gasteiger partial charge is 0.422 e. The second-order valence-electron chi connectivity index (χ2n) is 5.58. The average molecular weight is 336 g/mol. The maximum Gasteiger partial charge on any atom is 0.422 e. The monoisotopic (exact) mass is 336 g/mol. The zero-order chi connectivity index (χ0) is 17.7. The fraction of sp³-hybridized carbons (Fsp3) is 0.571. The fourth-order valence-corrected chi connectivity index (χ4v) is 1.48. The normalized spacial score (nSPS) is 11.8. The van der Waals surface area contributed by atoms with Crippen molar-refractivity contribution in [2.45, 2.75) is 39.1 Å². The molecule has 6 nitrogen and oxygen atoms in total. The van der Waals surface area contributed by atoms with Gasteiger partial charge in [0.25, 0.3) is 0 Å². The number of ether oxygens (including phenoxy) is 3. The second-order valence-corrected chi connectivity index (χ2v) is 5.58. The molecule has 1 aromatic heterocycles. The molecule has 1 aromatic rings. The Balaban J connectivity index is 2.68. The number of alkyl halides is 3. The van der Waals surface area contributed by atoms with E-state index in [0.717, 1.165) is 0 Å². The van der Waals surface area contributed by atoms with Gasteiger partial charge in [-0.15, -0.1) is 0 Å². The first kappa shape index (κ1) is 18.9. The van der Waals surface area contributed by atoms with E-state index in [-0.39, 0.29) is 18.3 Å². The topological polar surface area (TPSA) is 69.7 Å². The van der Waals surface area contributed by atoms with E-state index in [9.17, 15) is 18.0 Å². The molecule has 1 rings (SSSR count). The quantitative estimate of drug-likeness (QED) is 0.895. The summed E-state index contributed by atoms with van der Waals surface area (Å²) in [4.78, 5) is 15.4. The van der Waals surface area contributed by atoms with Crippen LogP contribution in [0.4, 0.5) is 18.0 Å². The molecular formula is C14H19F3N2O4. The molecule has 0 atom stereocenters. The van der Waals surface area contributed by atoms with Gasteiger partial charge in [0.05, 0.1) is 13.7 Å². The maximum absolute atomic E-state index is 12.1. The predicted octanol–water partition coefficient (Wildman–Crippen LogP) is 3.06. The van der Waals surface area contributed by atoms with Crippen LogP contribution in [0, 0.1) is 0 Å². The summed E-state index contributed by atoms with van der Waals surface area (Å²) in [6.45, 7) is 3.77. The number of methoxy groups -OCH3 is 1. The maximum atomic E-state index is 12.1. The minimum absolute atomic E-state index is 0.0463. The van der Waals surface area contributed by atoms with Crippen LogP contribution in [-0.4, -0.2) is 36.6 Å². The van der Waals surface area contributed by atoms with E-state index in [2.05, 4.69) is 15.0 Å². The van der Waals surface area contributed by atoms with E-state index in [1.807, 2.05) is 0 Å². The van der Waals surface area contributed by atoms with Crippen molar-refractivity contribution in [2.75, 3.05) is 13.7 Å². The number of rotatable bonds is 5. The third-order valence-corrected chi connectivity index (χ3v) is 2.31. The minimum Gasteiger partial charge on any atom is -0.481 e. The van der Waals surface area contributed by atoms with Crippen molar-refractivity contribution < 1.29 is 32.2 Å². The lowest BCUT2D eigenvalue weighted by molar-refractivity contribution is -0.154. The van der Waals surface area contributed by atoms with E-state index < -0.39 is 24.5 Å². The van der Waals surface area contributed by atoms with E-state index >= 15 is 0 Å². The molecule has 0 saturated carbocycles. The molecule has 0 bridgehead atoms. The molecular weight excluding hydrogens is 317 g/mol. The lowest BCUT2D eigenvalue weighted by Crippen LogP contribution is -2.32. The number of carbonyl (C=O) groups is 1. The number of hydrogen-bond acceptors (Lipinski definition) is 5. The third kappa shape index (κ3) is 7.57. The number of halogens is 3.